The maximum Gasteiger partial charge on any atom is 0 e. The molecule has 0 saturated carbocycles. The van der Waals surface area contributed by atoms with E-state index < -0.39 is 0 Å². The SMILES string of the molecule is [CH-]=O.[CH-]=O.[CH-]=O.[CH-]=O.[CH2-]OC.[Co]. The van der Waals surface area contributed by atoms with Gasteiger partial charge in [0.25, 0.3) is 0 Å². The monoisotopic (exact) mass is 220 g/mol. The normalized spacial score (nSPS) is 2.83. The van der Waals surface area contributed by atoms with Gasteiger partial charge in [-0.2, -0.15) is 0 Å². The van der Waals surface area contributed by atoms with Crippen LogP contribution in [-0.4, -0.2) is 34.3 Å². The largest absolute Gasteiger partial charge is 0.557 e. The molecule has 0 aliphatic carbocycles. The molecule has 0 aliphatic rings. The smallest absolute Gasteiger partial charge is 0 e. The summed E-state index contributed by atoms with van der Waals surface area (Å²) in [6.45, 7) is 13.0. The van der Waals surface area contributed by atoms with Gasteiger partial charge >= 0.3 is 0 Å². The predicted octanol–water partition coefficient (Wildman–Crippen LogP) is -0.675. The number of hydrogen-bond acceptors (Lipinski definition) is 5. The van der Waals surface area contributed by atoms with E-state index in [4.69, 9.17) is 19.2 Å². The van der Waals surface area contributed by atoms with Gasteiger partial charge in [0.1, 0.15) is 0 Å². The fourth-order valence-electron chi connectivity index (χ4n) is 0. The Morgan fingerprint density at radius 2 is 0.833 bits per heavy atom. The first-order valence-corrected chi connectivity index (χ1v) is 1.64. The topological polar surface area (TPSA) is 77.5 Å². The van der Waals surface area contributed by atoms with Crippen molar-refractivity contribution in [3.05, 3.63) is 7.11 Å². The summed E-state index contributed by atoms with van der Waals surface area (Å²) in [6.07, 6.45) is 0. The zero-order valence-electron chi connectivity index (χ0n) is 6.39. The molecule has 0 aliphatic heterocycles. The van der Waals surface area contributed by atoms with Gasteiger partial charge in [-0.1, -0.05) is 0 Å². The van der Waals surface area contributed by atoms with E-state index in [0.717, 1.165) is 0 Å². The van der Waals surface area contributed by atoms with E-state index in [-0.39, 0.29) is 16.8 Å². The van der Waals surface area contributed by atoms with Crippen LogP contribution in [0.1, 0.15) is 0 Å². The third-order valence-electron chi connectivity index (χ3n) is 0. The van der Waals surface area contributed by atoms with Gasteiger partial charge in [0.05, 0.1) is 0 Å². The van der Waals surface area contributed by atoms with Crippen molar-refractivity contribution in [2.75, 3.05) is 7.11 Å². The molecule has 6 heteroatoms. The van der Waals surface area contributed by atoms with E-state index in [0.29, 0.717) is 0 Å². The predicted molar refractivity (Wildman–Crippen MR) is 39.4 cm³/mol. The van der Waals surface area contributed by atoms with E-state index in [1.165, 1.54) is 7.11 Å². The van der Waals surface area contributed by atoms with Gasteiger partial charge in [-0.3, -0.25) is 27.2 Å². The minimum atomic E-state index is 0. The van der Waals surface area contributed by atoms with Gasteiger partial charge in [-0.05, 0) is 7.11 Å². The molecular formula is C6H9CoO5-5. The molecule has 0 aromatic rings. The number of hydrogen-bond donors (Lipinski definition) is 0. The second-order valence-corrected chi connectivity index (χ2v) is 0.289. The fourth-order valence-corrected chi connectivity index (χ4v) is 0. The number of ether oxygens (including phenoxy) is 1. The summed E-state index contributed by atoms with van der Waals surface area (Å²) in [5.74, 6) is 0. The third kappa shape index (κ3) is 833. The molecular weight excluding hydrogens is 211 g/mol. The van der Waals surface area contributed by atoms with Gasteiger partial charge in [-0.25, -0.2) is 7.11 Å². The Kier molecular flexibility index (Phi) is 143000. The molecule has 0 spiro atoms. The van der Waals surface area contributed by atoms with Crippen LogP contribution in [0.15, 0.2) is 0 Å². The van der Waals surface area contributed by atoms with Crippen LogP contribution in [0.2, 0.25) is 0 Å². The summed E-state index contributed by atoms with van der Waals surface area (Å²) in [5, 5.41) is 0. The quantitative estimate of drug-likeness (QED) is 0.399. The Labute approximate surface area is 82.7 Å². The molecule has 0 rings (SSSR count). The van der Waals surface area contributed by atoms with E-state index in [1.54, 1.807) is 0 Å². The molecule has 0 heterocycles. The standard InChI is InChI=1S/C2H5O.4CHO.Co/c1-3-2;4*1-2;/h1H2,2H3;4*1H;/q5*-1;. The molecule has 0 saturated heterocycles. The molecule has 1 radical (unpaired) electrons. The maximum atomic E-state index is 7.75. The molecule has 0 bridgehead atoms. The number of carbonyl (C=O) groups excluding carboxylic acids is 4. The van der Waals surface area contributed by atoms with E-state index in [9.17, 15) is 0 Å². The summed E-state index contributed by atoms with van der Waals surface area (Å²) in [6, 6.07) is 0. The Morgan fingerprint density at radius 1 is 0.833 bits per heavy atom. The van der Waals surface area contributed by atoms with Crippen LogP contribution >= 0.6 is 0 Å². The van der Waals surface area contributed by atoms with Gasteiger partial charge in [-0.15, -0.1) is 0 Å². The van der Waals surface area contributed by atoms with Gasteiger partial charge in [0.2, 0.25) is 0 Å². The average Bonchev–Trinajstić information content (AvgIpc) is 2.18. The molecule has 0 atom stereocenters. The van der Waals surface area contributed by atoms with Crippen molar-refractivity contribution < 1.29 is 40.7 Å². The van der Waals surface area contributed by atoms with Crippen molar-refractivity contribution in [3.8, 4) is 0 Å². The molecule has 77 valence electrons. The van der Waals surface area contributed by atoms with Crippen LogP contribution in [0.3, 0.4) is 0 Å². The fraction of sp³-hybridized carbons (Fsp3) is 0.167. The van der Waals surface area contributed by atoms with Gasteiger partial charge in [0.15, 0.2) is 0 Å². The Morgan fingerprint density at radius 3 is 0.833 bits per heavy atom. The summed E-state index contributed by atoms with van der Waals surface area (Å²) in [4.78, 5) is 31.0. The molecule has 0 N–H and O–H groups in total. The van der Waals surface area contributed by atoms with E-state index >= 15 is 0 Å². The van der Waals surface area contributed by atoms with Crippen LogP contribution in [0.4, 0.5) is 0 Å². The first-order chi connectivity index (χ1) is 5.41. The maximum absolute atomic E-state index is 7.75. The first-order valence-electron chi connectivity index (χ1n) is 1.64. The van der Waals surface area contributed by atoms with Crippen molar-refractivity contribution in [2.45, 2.75) is 0 Å². The van der Waals surface area contributed by atoms with Crippen LogP contribution in [0, 0.1) is 7.11 Å². The van der Waals surface area contributed by atoms with Crippen molar-refractivity contribution in [1.29, 1.82) is 0 Å². The van der Waals surface area contributed by atoms with Crippen LogP contribution in [0.5, 0.6) is 0 Å². The van der Waals surface area contributed by atoms with E-state index in [1.807, 2.05) is 0 Å². The number of methoxy groups -OCH3 is 1. The van der Waals surface area contributed by atoms with Crippen LogP contribution in [-0.2, 0) is 40.7 Å². The Hall–Kier alpha value is -0.854. The number of rotatable bonds is 0. The zero-order valence-corrected chi connectivity index (χ0v) is 7.43. The summed E-state index contributed by atoms with van der Waals surface area (Å²) in [7, 11) is 4.50. The third-order valence-corrected chi connectivity index (χ3v) is 0. The van der Waals surface area contributed by atoms with Gasteiger partial charge < -0.3 is 23.9 Å². The molecule has 0 unspecified atom stereocenters. The molecule has 0 amide bonds. The van der Waals surface area contributed by atoms with Crippen molar-refractivity contribution in [2.24, 2.45) is 0 Å². The summed E-state index contributed by atoms with van der Waals surface area (Å²) >= 11 is 0. The first kappa shape index (κ1) is 43.3. The molecule has 12 heavy (non-hydrogen) atoms. The second kappa shape index (κ2) is 39600. The minimum Gasteiger partial charge on any atom is -0.557 e. The van der Waals surface area contributed by atoms with Crippen molar-refractivity contribution in [3.63, 3.8) is 0 Å². The van der Waals surface area contributed by atoms with Crippen molar-refractivity contribution in [1.82, 2.24) is 0 Å². The van der Waals surface area contributed by atoms with Crippen molar-refractivity contribution >= 4 is 27.2 Å². The molecule has 0 aromatic carbocycles. The zero-order chi connectivity index (χ0) is 10.7. The molecule has 0 fully saturated rings. The van der Waals surface area contributed by atoms with E-state index in [2.05, 4.69) is 39.0 Å². The minimum absolute atomic E-state index is 0. The Bertz CT molecular complexity index is 31.1. The summed E-state index contributed by atoms with van der Waals surface area (Å²) in [5.41, 5.74) is 0. The summed E-state index contributed by atoms with van der Waals surface area (Å²) < 4.78 is 4.00. The Balaban J connectivity index is -0.00000000933. The molecule has 5 nitrogen and oxygen atoms in total. The molecule has 0 aromatic heterocycles. The van der Waals surface area contributed by atoms with Crippen LogP contribution in [0.25, 0.3) is 0 Å². The van der Waals surface area contributed by atoms with Gasteiger partial charge in [0, 0.05) is 16.8 Å². The second-order valence-electron chi connectivity index (χ2n) is 0.289. The van der Waals surface area contributed by atoms with Crippen LogP contribution < -0.4 is 0 Å². The average molecular weight is 220 g/mol.